The molecule has 0 bridgehead atoms. The summed E-state index contributed by atoms with van der Waals surface area (Å²) in [5, 5.41) is 3.34. The molecule has 0 heterocycles. The van der Waals surface area contributed by atoms with Gasteiger partial charge >= 0.3 is 5.97 Å². The molecular weight excluding hydrogens is 503 g/mol. The number of hydrogen-bond donors (Lipinski definition) is 2. The molecule has 0 aliphatic heterocycles. The summed E-state index contributed by atoms with van der Waals surface area (Å²) in [6.45, 7) is 3.49. The normalized spacial score (nSPS) is 14.6. The van der Waals surface area contributed by atoms with Crippen LogP contribution in [0.5, 0.6) is 0 Å². The smallest absolute Gasteiger partial charge is 0.334 e. The molecule has 0 fully saturated rings. The summed E-state index contributed by atoms with van der Waals surface area (Å²) in [7, 11) is -3.13. The van der Waals surface area contributed by atoms with Gasteiger partial charge < -0.3 is 10.1 Å². The number of halogens is 1. The third-order valence-corrected chi connectivity index (χ3v) is 8.10. The Morgan fingerprint density at radius 2 is 1.39 bits per heavy atom. The minimum Gasteiger partial charge on any atom is -0.467 e. The number of para-hydroxylation sites is 1. The van der Waals surface area contributed by atoms with E-state index in [0.29, 0.717) is 16.8 Å². The van der Waals surface area contributed by atoms with Gasteiger partial charge in [0.15, 0.2) is 5.54 Å². The molecule has 4 rings (SSSR count). The standard InChI is InChI=1S/C30H29FN2O4S/c1-22-17-19-27(20-18-22)38(35,36)33-30(28(34)37-3,23-11-6-4-7-12-23)29(2,24-13-10-14-25(31)21-24)32-26-15-8-5-9-16-26/h4-21,32-33H,1-3H3/t29-,30+/m0/s1. The summed E-state index contributed by atoms with van der Waals surface area (Å²) in [5.41, 5.74) is -1.60. The average Bonchev–Trinajstić information content (AvgIpc) is 2.92. The molecule has 6 nitrogen and oxygen atoms in total. The predicted molar refractivity (Wildman–Crippen MR) is 145 cm³/mol. The first-order valence-electron chi connectivity index (χ1n) is 12.0. The van der Waals surface area contributed by atoms with E-state index < -0.39 is 32.9 Å². The molecule has 0 saturated heterocycles. The molecule has 0 unspecified atom stereocenters. The minimum atomic E-state index is -4.32. The van der Waals surface area contributed by atoms with Crippen molar-refractivity contribution in [2.75, 3.05) is 12.4 Å². The van der Waals surface area contributed by atoms with Crippen LogP contribution in [-0.4, -0.2) is 21.5 Å². The zero-order valence-electron chi connectivity index (χ0n) is 21.3. The van der Waals surface area contributed by atoms with Gasteiger partial charge in [-0.3, -0.25) is 0 Å². The Bertz CT molecular complexity index is 1510. The lowest BCUT2D eigenvalue weighted by molar-refractivity contribution is -0.151. The summed E-state index contributed by atoms with van der Waals surface area (Å²) in [4.78, 5) is 14.0. The zero-order valence-corrected chi connectivity index (χ0v) is 22.1. The number of hydrogen-bond acceptors (Lipinski definition) is 5. The predicted octanol–water partition coefficient (Wildman–Crippen LogP) is 5.51. The molecule has 4 aromatic rings. The SMILES string of the molecule is COC(=O)[C@](NS(=O)(=O)c1ccc(C)cc1)(c1ccccc1)[C@@](C)(Nc1ccccc1)c1cccc(F)c1. The number of methoxy groups -OCH3 is 1. The maximum atomic E-state index is 14.7. The molecule has 0 saturated carbocycles. The van der Waals surface area contributed by atoms with Gasteiger partial charge in [0, 0.05) is 5.69 Å². The van der Waals surface area contributed by atoms with Gasteiger partial charge in [0.2, 0.25) is 10.0 Å². The number of nitrogens with one attached hydrogen (secondary N) is 2. The lowest BCUT2D eigenvalue weighted by Gasteiger charge is -2.48. The van der Waals surface area contributed by atoms with Crippen molar-refractivity contribution in [3.05, 3.63) is 132 Å². The van der Waals surface area contributed by atoms with Gasteiger partial charge in [-0.05, 0) is 61.4 Å². The number of ether oxygens (including phenoxy) is 1. The number of carbonyl (C=O) groups is 1. The molecule has 0 radical (unpaired) electrons. The second-order valence-electron chi connectivity index (χ2n) is 9.15. The molecule has 0 aliphatic rings. The maximum absolute atomic E-state index is 14.7. The Hall–Kier alpha value is -4.01. The van der Waals surface area contributed by atoms with Gasteiger partial charge in [-0.15, -0.1) is 0 Å². The van der Waals surface area contributed by atoms with E-state index >= 15 is 0 Å². The molecule has 0 aliphatic carbocycles. The lowest BCUT2D eigenvalue weighted by Crippen LogP contribution is -2.66. The van der Waals surface area contributed by atoms with Crippen LogP contribution in [0.1, 0.15) is 23.6 Å². The van der Waals surface area contributed by atoms with E-state index in [1.807, 2.05) is 13.0 Å². The van der Waals surface area contributed by atoms with Crippen molar-refractivity contribution in [1.82, 2.24) is 4.72 Å². The number of esters is 1. The summed E-state index contributed by atoms with van der Waals surface area (Å²) < 4.78 is 50.5. The van der Waals surface area contributed by atoms with Crippen LogP contribution >= 0.6 is 0 Å². The number of benzene rings is 4. The lowest BCUT2D eigenvalue weighted by atomic mass is 9.69. The van der Waals surface area contributed by atoms with Crippen molar-refractivity contribution in [1.29, 1.82) is 0 Å². The van der Waals surface area contributed by atoms with Crippen molar-refractivity contribution < 1.29 is 22.3 Å². The van der Waals surface area contributed by atoms with E-state index in [-0.39, 0.29) is 4.90 Å². The van der Waals surface area contributed by atoms with Crippen LogP contribution < -0.4 is 10.0 Å². The third-order valence-electron chi connectivity index (χ3n) is 6.64. The molecule has 0 spiro atoms. The van der Waals surface area contributed by atoms with Crippen molar-refractivity contribution in [2.45, 2.75) is 29.8 Å². The monoisotopic (exact) mass is 532 g/mol. The first-order valence-corrected chi connectivity index (χ1v) is 13.4. The largest absolute Gasteiger partial charge is 0.467 e. The van der Waals surface area contributed by atoms with Gasteiger partial charge in [0.1, 0.15) is 5.82 Å². The van der Waals surface area contributed by atoms with E-state index in [4.69, 9.17) is 4.74 Å². The number of anilines is 1. The molecule has 8 heteroatoms. The van der Waals surface area contributed by atoms with Crippen LogP contribution in [0.15, 0.2) is 114 Å². The average molecular weight is 533 g/mol. The van der Waals surface area contributed by atoms with Crippen molar-refractivity contribution in [3.8, 4) is 0 Å². The van der Waals surface area contributed by atoms with Gasteiger partial charge in [-0.25, -0.2) is 17.6 Å². The fourth-order valence-electron chi connectivity index (χ4n) is 4.62. The highest BCUT2D eigenvalue weighted by Crippen LogP contribution is 2.45. The molecule has 38 heavy (non-hydrogen) atoms. The summed E-state index contributed by atoms with van der Waals surface area (Å²) in [6, 6.07) is 29.4. The molecule has 0 amide bonds. The summed E-state index contributed by atoms with van der Waals surface area (Å²) >= 11 is 0. The van der Waals surface area contributed by atoms with Crippen LogP contribution in [0.4, 0.5) is 10.1 Å². The second kappa shape index (κ2) is 10.8. The number of sulfonamides is 1. The van der Waals surface area contributed by atoms with Gasteiger partial charge in [-0.2, -0.15) is 4.72 Å². The number of rotatable bonds is 9. The summed E-state index contributed by atoms with van der Waals surface area (Å²) in [5.74, 6) is -1.42. The van der Waals surface area contributed by atoms with E-state index in [0.717, 1.165) is 5.56 Å². The van der Waals surface area contributed by atoms with Crippen LogP contribution in [-0.2, 0) is 30.6 Å². The Labute approximate surface area is 222 Å². The molecule has 196 valence electrons. The maximum Gasteiger partial charge on any atom is 0.334 e. The van der Waals surface area contributed by atoms with Crippen LogP contribution in [0.2, 0.25) is 0 Å². The topological polar surface area (TPSA) is 84.5 Å². The highest BCUT2D eigenvalue weighted by Gasteiger charge is 2.59. The fourth-order valence-corrected chi connectivity index (χ4v) is 6.05. The van der Waals surface area contributed by atoms with E-state index in [2.05, 4.69) is 10.0 Å². The summed E-state index contributed by atoms with van der Waals surface area (Å²) in [6.07, 6.45) is 0. The molecule has 2 atom stereocenters. The molecule has 4 aromatic carbocycles. The minimum absolute atomic E-state index is 0.0337. The van der Waals surface area contributed by atoms with E-state index in [1.165, 1.54) is 37.4 Å². The fraction of sp³-hybridized carbons (Fsp3) is 0.167. The Morgan fingerprint density at radius 3 is 1.97 bits per heavy atom. The van der Waals surface area contributed by atoms with Crippen molar-refractivity contribution >= 4 is 21.7 Å². The highest BCUT2D eigenvalue weighted by molar-refractivity contribution is 7.89. The van der Waals surface area contributed by atoms with Gasteiger partial charge in [-0.1, -0.05) is 78.4 Å². The first kappa shape index (κ1) is 27.0. The number of aryl methyl sites for hydroxylation is 1. The zero-order chi connectivity index (χ0) is 27.4. The van der Waals surface area contributed by atoms with Crippen LogP contribution in [0.3, 0.4) is 0 Å². The molecular formula is C30H29FN2O4S. The van der Waals surface area contributed by atoms with Crippen LogP contribution in [0, 0.1) is 12.7 Å². The highest BCUT2D eigenvalue weighted by atomic mass is 32.2. The molecule has 2 N–H and O–H groups in total. The third kappa shape index (κ3) is 5.05. The van der Waals surface area contributed by atoms with E-state index in [1.54, 1.807) is 79.7 Å². The quantitative estimate of drug-likeness (QED) is 0.278. The van der Waals surface area contributed by atoms with E-state index in [9.17, 15) is 17.6 Å². The number of carbonyl (C=O) groups excluding carboxylic acids is 1. The Morgan fingerprint density at radius 1 is 0.816 bits per heavy atom. The van der Waals surface area contributed by atoms with Crippen molar-refractivity contribution in [2.24, 2.45) is 0 Å². The Balaban J connectivity index is 2.07. The second-order valence-corrected chi connectivity index (χ2v) is 10.8. The van der Waals surface area contributed by atoms with Gasteiger partial charge in [0.05, 0.1) is 17.5 Å². The first-order chi connectivity index (χ1) is 18.1. The van der Waals surface area contributed by atoms with Gasteiger partial charge in [0.25, 0.3) is 0 Å². The molecule has 0 aromatic heterocycles. The van der Waals surface area contributed by atoms with Crippen LogP contribution in [0.25, 0.3) is 0 Å². The van der Waals surface area contributed by atoms with Crippen molar-refractivity contribution in [3.63, 3.8) is 0 Å². The Kier molecular flexibility index (Phi) is 7.66.